The molecule has 1 aromatic carbocycles. The molecule has 6 nitrogen and oxygen atoms in total. The Bertz CT molecular complexity index is 899. The Morgan fingerprint density at radius 1 is 0.500 bits per heavy atom. The minimum absolute atomic E-state index is 0.709. The summed E-state index contributed by atoms with van der Waals surface area (Å²) in [7, 11) is 0. The Kier molecular flexibility index (Phi) is 2.14. The Labute approximate surface area is 114 Å². The molecule has 0 spiro atoms. The molecule has 0 amide bonds. The SMILES string of the molecule is Cc1nc2c3nccnc3c3nccnc3c2nc1C. The summed E-state index contributed by atoms with van der Waals surface area (Å²) in [6, 6.07) is 0. The fourth-order valence-corrected chi connectivity index (χ4v) is 2.30. The number of hydrogen-bond acceptors (Lipinski definition) is 6. The second kappa shape index (κ2) is 3.86. The topological polar surface area (TPSA) is 77.3 Å². The molecular weight excluding hydrogens is 252 g/mol. The molecule has 0 aliphatic carbocycles. The average Bonchev–Trinajstić information content (AvgIpc) is 2.49. The van der Waals surface area contributed by atoms with E-state index in [1.54, 1.807) is 24.8 Å². The molecule has 0 aliphatic rings. The van der Waals surface area contributed by atoms with Crippen molar-refractivity contribution in [2.75, 3.05) is 0 Å². The molecule has 0 radical (unpaired) electrons. The van der Waals surface area contributed by atoms with Crippen LogP contribution in [0.15, 0.2) is 24.8 Å². The Morgan fingerprint density at radius 3 is 1.15 bits per heavy atom. The van der Waals surface area contributed by atoms with Crippen molar-refractivity contribution >= 4 is 33.1 Å². The van der Waals surface area contributed by atoms with Crippen LogP contribution in [0.5, 0.6) is 0 Å². The van der Waals surface area contributed by atoms with Crippen LogP contribution in [0.25, 0.3) is 33.1 Å². The van der Waals surface area contributed by atoms with E-state index in [-0.39, 0.29) is 0 Å². The molecular formula is C14H10N6. The highest BCUT2D eigenvalue weighted by molar-refractivity contribution is 6.17. The predicted octanol–water partition coefficient (Wildman–Crippen LogP) is 2.13. The van der Waals surface area contributed by atoms with Gasteiger partial charge in [0, 0.05) is 24.8 Å². The lowest BCUT2D eigenvalue weighted by molar-refractivity contribution is 1.10. The number of hydrogen-bond donors (Lipinski definition) is 0. The normalized spacial score (nSPS) is 11.5. The zero-order chi connectivity index (χ0) is 13.7. The summed E-state index contributed by atoms with van der Waals surface area (Å²) < 4.78 is 0. The summed E-state index contributed by atoms with van der Waals surface area (Å²) in [6.45, 7) is 3.87. The van der Waals surface area contributed by atoms with Gasteiger partial charge in [0.05, 0.1) is 11.4 Å². The third kappa shape index (κ3) is 1.38. The molecule has 4 aromatic rings. The molecule has 0 saturated heterocycles. The van der Waals surface area contributed by atoms with Crippen molar-refractivity contribution in [2.45, 2.75) is 13.8 Å². The maximum atomic E-state index is 4.62. The van der Waals surface area contributed by atoms with Crippen molar-refractivity contribution < 1.29 is 0 Å². The quantitative estimate of drug-likeness (QED) is 0.452. The standard InChI is InChI=1S/C14H10N6/c1-7-8(2)20-14-12-10(16-4-6-18-12)9-11(13(14)19-7)17-5-3-15-9/h3-6H,1-2H3. The number of nitrogens with zero attached hydrogens (tertiary/aromatic N) is 6. The number of rotatable bonds is 0. The number of benzene rings is 1. The summed E-state index contributed by atoms with van der Waals surface area (Å²) >= 11 is 0. The van der Waals surface area contributed by atoms with E-state index >= 15 is 0 Å². The van der Waals surface area contributed by atoms with Crippen LogP contribution >= 0.6 is 0 Å². The van der Waals surface area contributed by atoms with Crippen molar-refractivity contribution in [2.24, 2.45) is 0 Å². The zero-order valence-corrected chi connectivity index (χ0v) is 11.0. The molecule has 6 heteroatoms. The smallest absolute Gasteiger partial charge is 0.119 e. The van der Waals surface area contributed by atoms with E-state index in [1.807, 2.05) is 13.8 Å². The first-order chi connectivity index (χ1) is 9.75. The van der Waals surface area contributed by atoms with Gasteiger partial charge in [0.1, 0.15) is 33.1 Å². The van der Waals surface area contributed by atoms with Crippen LogP contribution in [0.1, 0.15) is 11.4 Å². The molecule has 3 aromatic heterocycles. The van der Waals surface area contributed by atoms with E-state index in [0.29, 0.717) is 22.1 Å². The molecule has 0 atom stereocenters. The second-order valence-corrected chi connectivity index (χ2v) is 4.60. The van der Waals surface area contributed by atoms with Crippen molar-refractivity contribution in [1.29, 1.82) is 0 Å². The lowest BCUT2D eigenvalue weighted by Gasteiger charge is -2.07. The van der Waals surface area contributed by atoms with Gasteiger partial charge in [-0.1, -0.05) is 0 Å². The van der Waals surface area contributed by atoms with Crippen molar-refractivity contribution in [3.05, 3.63) is 36.2 Å². The molecule has 0 bridgehead atoms. The predicted molar refractivity (Wildman–Crippen MR) is 75.2 cm³/mol. The second-order valence-electron chi connectivity index (χ2n) is 4.60. The van der Waals surface area contributed by atoms with Crippen molar-refractivity contribution in [3.63, 3.8) is 0 Å². The number of aryl methyl sites for hydroxylation is 2. The fraction of sp³-hybridized carbons (Fsp3) is 0.143. The maximum absolute atomic E-state index is 4.62. The van der Waals surface area contributed by atoms with Crippen molar-refractivity contribution in [3.8, 4) is 0 Å². The summed E-state index contributed by atoms with van der Waals surface area (Å²) in [5.74, 6) is 0. The molecule has 20 heavy (non-hydrogen) atoms. The van der Waals surface area contributed by atoms with Gasteiger partial charge in [-0.05, 0) is 13.8 Å². The first-order valence-electron chi connectivity index (χ1n) is 6.24. The first-order valence-corrected chi connectivity index (χ1v) is 6.24. The Morgan fingerprint density at radius 2 is 0.800 bits per heavy atom. The van der Waals surface area contributed by atoms with Gasteiger partial charge in [-0.2, -0.15) is 0 Å². The van der Waals surface area contributed by atoms with Crippen molar-refractivity contribution in [1.82, 2.24) is 29.9 Å². The van der Waals surface area contributed by atoms with Crippen LogP contribution in [0.3, 0.4) is 0 Å². The lowest BCUT2D eigenvalue weighted by Crippen LogP contribution is -1.99. The van der Waals surface area contributed by atoms with Gasteiger partial charge < -0.3 is 0 Å². The minimum atomic E-state index is 0.709. The van der Waals surface area contributed by atoms with E-state index in [9.17, 15) is 0 Å². The first kappa shape index (κ1) is 11.1. The average molecular weight is 262 g/mol. The van der Waals surface area contributed by atoms with Crippen LogP contribution < -0.4 is 0 Å². The Balaban J connectivity index is 2.42. The van der Waals surface area contributed by atoms with E-state index in [0.717, 1.165) is 22.4 Å². The summed E-state index contributed by atoms with van der Waals surface area (Å²) in [6.07, 6.45) is 6.61. The van der Waals surface area contributed by atoms with Gasteiger partial charge in [-0.25, -0.2) is 9.97 Å². The largest absolute Gasteiger partial charge is 0.251 e. The fourth-order valence-electron chi connectivity index (χ4n) is 2.30. The molecule has 0 unspecified atom stereocenters. The Hall–Kier alpha value is -2.76. The van der Waals surface area contributed by atoms with E-state index < -0.39 is 0 Å². The highest BCUT2D eigenvalue weighted by Crippen LogP contribution is 2.28. The van der Waals surface area contributed by atoms with E-state index in [4.69, 9.17) is 0 Å². The number of fused-ring (bicyclic) bond motifs is 6. The van der Waals surface area contributed by atoms with Gasteiger partial charge >= 0.3 is 0 Å². The number of aromatic nitrogens is 6. The highest BCUT2D eigenvalue weighted by atomic mass is 14.9. The van der Waals surface area contributed by atoms with Crippen LogP contribution in [0.2, 0.25) is 0 Å². The molecule has 0 N–H and O–H groups in total. The van der Waals surface area contributed by atoms with Crippen LogP contribution in [0.4, 0.5) is 0 Å². The molecule has 96 valence electrons. The molecule has 0 saturated carbocycles. The third-order valence-electron chi connectivity index (χ3n) is 3.38. The van der Waals surface area contributed by atoms with Crippen LogP contribution in [-0.2, 0) is 0 Å². The van der Waals surface area contributed by atoms with E-state index in [2.05, 4.69) is 29.9 Å². The summed E-state index contributed by atoms with van der Waals surface area (Å²) in [5.41, 5.74) is 6.06. The molecule has 3 heterocycles. The third-order valence-corrected chi connectivity index (χ3v) is 3.38. The summed E-state index contributed by atoms with van der Waals surface area (Å²) in [4.78, 5) is 26.8. The minimum Gasteiger partial charge on any atom is -0.251 e. The summed E-state index contributed by atoms with van der Waals surface area (Å²) in [5, 5.41) is 0. The lowest BCUT2D eigenvalue weighted by atomic mass is 10.2. The molecule has 0 fully saturated rings. The van der Waals surface area contributed by atoms with Gasteiger partial charge in [-0.15, -0.1) is 0 Å². The molecule has 0 aliphatic heterocycles. The molecule has 4 rings (SSSR count). The highest BCUT2D eigenvalue weighted by Gasteiger charge is 2.15. The monoisotopic (exact) mass is 262 g/mol. The van der Waals surface area contributed by atoms with Gasteiger partial charge in [0.25, 0.3) is 0 Å². The zero-order valence-electron chi connectivity index (χ0n) is 11.0. The van der Waals surface area contributed by atoms with Gasteiger partial charge in [0.2, 0.25) is 0 Å². The maximum Gasteiger partial charge on any atom is 0.119 e. The van der Waals surface area contributed by atoms with Gasteiger partial charge in [0.15, 0.2) is 0 Å². The van der Waals surface area contributed by atoms with Crippen LogP contribution in [0, 0.1) is 13.8 Å². The van der Waals surface area contributed by atoms with Crippen LogP contribution in [-0.4, -0.2) is 29.9 Å². The van der Waals surface area contributed by atoms with Gasteiger partial charge in [-0.3, -0.25) is 19.9 Å². The van der Waals surface area contributed by atoms with E-state index in [1.165, 1.54) is 0 Å².